The average Bonchev–Trinajstić information content (AvgIpc) is 2.93. The average molecular weight is 282 g/mol. The summed E-state index contributed by atoms with van der Waals surface area (Å²) in [5, 5.41) is 11.0. The normalized spacial score (nSPS) is 18.3. The molecule has 2 heterocycles. The molecule has 1 atom stereocenters. The first-order valence-corrected chi connectivity index (χ1v) is 7.31. The van der Waals surface area contributed by atoms with Crippen LogP contribution in [0.1, 0.15) is 23.0 Å². The summed E-state index contributed by atoms with van der Waals surface area (Å²) in [6, 6.07) is 3.26. The lowest BCUT2D eigenvalue weighted by Gasteiger charge is -2.37. The first-order chi connectivity index (χ1) is 9.13. The van der Waals surface area contributed by atoms with Crippen LogP contribution in [0.5, 0.6) is 0 Å². The van der Waals surface area contributed by atoms with Gasteiger partial charge in [-0.2, -0.15) is 0 Å². The SMILES string of the molecule is CCC(C(=O)O)N1CCN(C(=O)c2cccs2)CC1. The Kier molecular flexibility index (Phi) is 4.55. The zero-order valence-corrected chi connectivity index (χ0v) is 11.7. The molecule has 104 valence electrons. The number of carboxylic acid groups (broad SMARTS) is 1. The van der Waals surface area contributed by atoms with Crippen LogP contribution in [0.4, 0.5) is 0 Å². The highest BCUT2D eigenvalue weighted by Gasteiger charge is 2.29. The van der Waals surface area contributed by atoms with Gasteiger partial charge in [0.15, 0.2) is 0 Å². The van der Waals surface area contributed by atoms with Gasteiger partial charge in [0.05, 0.1) is 4.88 Å². The van der Waals surface area contributed by atoms with Gasteiger partial charge in [-0.15, -0.1) is 11.3 Å². The van der Waals surface area contributed by atoms with Crippen molar-refractivity contribution in [3.63, 3.8) is 0 Å². The molecule has 1 amide bonds. The summed E-state index contributed by atoms with van der Waals surface area (Å²) in [6.45, 7) is 4.33. The van der Waals surface area contributed by atoms with Gasteiger partial charge in [-0.1, -0.05) is 13.0 Å². The lowest BCUT2D eigenvalue weighted by atomic mass is 10.1. The molecule has 5 nitrogen and oxygen atoms in total. The van der Waals surface area contributed by atoms with Crippen LogP contribution in [0.25, 0.3) is 0 Å². The van der Waals surface area contributed by atoms with E-state index in [-0.39, 0.29) is 5.91 Å². The fourth-order valence-electron chi connectivity index (χ4n) is 2.38. The van der Waals surface area contributed by atoms with Gasteiger partial charge in [0.25, 0.3) is 5.91 Å². The standard InChI is InChI=1S/C13H18N2O3S/c1-2-10(13(17)18)14-5-7-15(8-6-14)12(16)11-4-3-9-19-11/h3-4,9-10H,2,5-8H2,1H3,(H,17,18). The molecule has 0 aromatic carbocycles. The van der Waals surface area contributed by atoms with E-state index in [1.165, 1.54) is 11.3 Å². The number of aliphatic carboxylic acids is 1. The van der Waals surface area contributed by atoms with Gasteiger partial charge in [0, 0.05) is 26.2 Å². The number of carboxylic acids is 1. The molecule has 1 aliphatic rings. The minimum atomic E-state index is -0.777. The maximum absolute atomic E-state index is 12.1. The fourth-order valence-corrected chi connectivity index (χ4v) is 3.07. The molecular formula is C13H18N2O3S. The lowest BCUT2D eigenvalue weighted by molar-refractivity contribution is -0.144. The number of thiophene rings is 1. The third-order valence-corrected chi connectivity index (χ3v) is 4.30. The van der Waals surface area contributed by atoms with E-state index in [4.69, 9.17) is 5.11 Å². The predicted molar refractivity (Wildman–Crippen MR) is 73.5 cm³/mol. The van der Waals surface area contributed by atoms with E-state index in [0.717, 1.165) is 4.88 Å². The molecule has 19 heavy (non-hydrogen) atoms. The summed E-state index contributed by atoms with van der Waals surface area (Å²) in [6.07, 6.45) is 0.591. The van der Waals surface area contributed by atoms with Crippen molar-refractivity contribution in [3.05, 3.63) is 22.4 Å². The third-order valence-electron chi connectivity index (χ3n) is 3.45. The molecule has 1 aliphatic heterocycles. The Morgan fingerprint density at radius 2 is 2.05 bits per heavy atom. The number of nitrogens with zero attached hydrogens (tertiary/aromatic N) is 2. The van der Waals surface area contributed by atoms with Crippen molar-refractivity contribution < 1.29 is 14.7 Å². The molecule has 1 unspecified atom stereocenters. The van der Waals surface area contributed by atoms with Crippen molar-refractivity contribution in [1.82, 2.24) is 9.80 Å². The van der Waals surface area contributed by atoms with E-state index < -0.39 is 12.0 Å². The zero-order chi connectivity index (χ0) is 13.8. The van der Waals surface area contributed by atoms with Gasteiger partial charge in [0.1, 0.15) is 6.04 Å². The second kappa shape index (κ2) is 6.16. The number of piperazine rings is 1. The van der Waals surface area contributed by atoms with Crippen LogP contribution in [-0.2, 0) is 4.79 Å². The van der Waals surface area contributed by atoms with E-state index in [1.54, 1.807) is 4.90 Å². The molecule has 0 radical (unpaired) electrons. The van der Waals surface area contributed by atoms with E-state index >= 15 is 0 Å². The first kappa shape index (κ1) is 14.0. The molecule has 1 saturated heterocycles. The third kappa shape index (κ3) is 3.13. The smallest absolute Gasteiger partial charge is 0.320 e. The van der Waals surface area contributed by atoms with Gasteiger partial charge < -0.3 is 10.0 Å². The van der Waals surface area contributed by atoms with Crippen LogP contribution < -0.4 is 0 Å². The van der Waals surface area contributed by atoms with Crippen LogP contribution in [0.2, 0.25) is 0 Å². The molecule has 0 bridgehead atoms. The van der Waals surface area contributed by atoms with Gasteiger partial charge >= 0.3 is 5.97 Å². The van der Waals surface area contributed by atoms with Crippen molar-refractivity contribution in [2.45, 2.75) is 19.4 Å². The maximum atomic E-state index is 12.1. The molecule has 1 N–H and O–H groups in total. The topological polar surface area (TPSA) is 60.9 Å². The van der Waals surface area contributed by atoms with Crippen molar-refractivity contribution in [3.8, 4) is 0 Å². The number of carbonyl (C=O) groups excluding carboxylic acids is 1. The predicted octanol–water partition coefficient (Wildman–Crippen LogP) is 1.37. The first-order valence-electron chi connectivity index (χ1n) is 6.43. The summed E-state index contributed by atoms with van der Waals surface area (Å²) < 4.78 is 0. The Bertz CT molecular complexity index is 439. The molecule has 0 saturated carbocycles. The van der Waals surface area contributed by atoms with Crippen LogP contribution in [0.15, 0.2) is 17.5 Å². The van der Waals surface area contributed by atoms with Crippen molar-refractivity contribution >= 4 is 23.2 Å². The molecular weight excluding hydrogens is 264 g/mol. The molecule has 1 aromatic heterocycles. The van der Waals surface area contributed by atoms with E-state index in [0.29, 0.717) is 32.6 Å². The quantitative estimate of drug-likeness (QED) is 0.906. The molecule has 6 heteroatoms. The summed E-state index contributed by atoms with van der Waals surface area (Å²) in [7, 11) is 0. The molecule has 0 spiro atoms. The number of carbonyl (C=O) groups is 2. The Labute approximate surface area is 116 Å². The Balaban J connectivity index is 1.92. The number of hydrogen-bond acceptors (Lipinski definition) is 4. The molecule has 2 rings (SSSR count). The van der Waals surface area contributed by atoms with Gasteiger partial charge in [-0.3, -0.25) is 14.5 Å². The van der Waals surface area contributed by atoms with Crippen LogP contribution >= 0.6 is 11.3 Å². The fraction of sp³-hybridized carbons (Fsp3) is 0.538. The maximum Gasteiger partial charge on any atom is 0.320 e. The largest absolute Gasteiger partial charge is 0.480 e. The van der Waals surface area contributed by atoms with Crippen LogP contribution in [0.3, 0.4) is 0 Å². The zero-order valence-electron chi connectivity index (χ0n) is 10.9. The van der Waals surface area contributed by atoms with E-state index in [2.05, 4.69) is 0 Å². The monoisotopic (exact) mass is 282 g/mol. The molecule has 0 aliphatic carbocycles. The highest BCUT2D eigenvalue weighted by molar-refractivity contribution is 7.12. The summed E-state index contributed by atoms with van der Waals surface area (Å²) in [4.78, 5) is 27.7. The Morgan fingerprint density at radius 1 is 1.37 bits per heavy atom. The number of amides is 1. The summed E-state index contributed by atoms with van der Waals surface area (Å²) >= 11 is 1.44. The second-order valence-corrected chi connectivity index (χ2v) is 5.52. The van der Waals surface area contributed by atoms with E-state index in [1.807, 2.05) is 29.3 Å². The van der Waals surface area contributed by atoms with Crippen LogP contribution in [0, 0.1) is 0 Å². The Morgan fingerprint density at radius 3 is 2.53 bits per heavy atom. The van der Waals surface area contributed by atoms with Crippen molar-refractivity contribution in [2.24, 2.45) is 0 Å². The van der Waals surface area contributed by atoms with Crippen LogP contribution in [-0.4, -0.2) is 59.0 Å². The number of rotatable bonds is 4. The summed E-state index contributed by atoms with van der Waals surface area (Å²) in [5.41, 5.74) is 0. The second-order valence-electron chi connectivity index (χ2n) is 4.57. The molecule has 1 aromatic rings. The highest BCUT2D eigenvalue weighted by Crippen LogP contribution is 2.15. The molecule has 1 fully saturated rings. The Hall–Kier alpha value is -1.40. The van der Waals surface area contributed by atoms with E-state index in [9.17, 15) is 9.59 Å². The van der Waals surface area contributed by atoms with Gasteiger partial charge in [0.2, 0.25) is 0 Å². The van der Waals surface area contributed by atoms with Gasteiger partial charge in [-0.25, -0.2) is 0 Å². The highest BCUT2D eigenvalue weighted by atomic mass is 32.1. The lowest BCUT2D eigenvalue weighted by Crippen LogP contribution is -2.53. The van der Waals surface area contributed by atoms with Crippen molar-refractivity contribution in [2.75, 3.05) is 26.2 Å². The number of hydrogen-bond donors (Lipinski definition) is 1. The van der Waals surface area contributed by atoms with Crippen molar-refractivity contribution in [1.29, 1.82) is 0 Å². The minimum Gasteiger partial charge on any atom is -0.480 e. The van der Waals surface area contributed by atoms with Gasteiger partial charge in [-0.05, 0) is 17.9 Å². The minimum absolute atomic E-state index is 0.0537. The summed E-state index contributed by atoms with van der Waals surface area (Å²) in [5.74, 6) is -0.724.